The monoisotopic (exact) mass is 356 g/mol. The number of nitrogens with two attached hydrogens (primary N) is 1. The Bertz CT molecular complexity index is 887. The molecular weight excluding hydrogens is 336 g/mol. The molecule has 3 aromatic rings. The highest BCUT2D eigenvalue weighted by Gasteiger charge is 2.44. The lowest BCUT2D eigenvalue weighted by atomic mass is 10.1. The number of imidazole rings is 1. The van der Waals surface area contributed by atoms with E-state index in [4.69, 9.17) is 10.5 Å². The molecule has 9 nitrogen and oxygen atoms in total. The third-order valence-electron chi connectivity index (χ3n) is 4.60. The molecule has 1 fully saturated rings. The average molecular weight is 356 g/mol. The third-order valence-corrected chi connectivity index (χ3v) is 4.60. The Morgan fingerprint density at radius 3 is 2.77 bits per heavy atom. The van der Waals surface area contributed by atoms with Crippen molar-refractivity contribution in [2.24, 2.45) is 0 Å². The molecule has 1 aromatic carbocycles. The molecule has 136 valence electrons. The van der Waals surface area contributed by atoms with E-state index in [0.29, 0.717) is 17.7 Å². The minimum absolute atomic E-state index is 0.218. The van der Waals surface area contributed by atoms with Gasteiger partial charge in [-0.05, 0) is 5.56 Å². The summed E-state index contributed by atoms with van der Waals surface area (Å²) in [5, 5.41) is 23.8. The number of nitrogens with one attached hydrogen (secondary N) is 1. The summed E-state index contributed by atoms with van der Waals surface area (Å²) in [5.41, 5.74) is 7.81. The van der Waals surface area contributed by atoms with E-state index in [1.807, 2.05) is 30.3 Å². The zero-order chi connectivity index (χ0) is 18.1. The molecule has 1 aliphatic heterocycles. The lowest BCUT2D eigenvalue weighted by Gasteiger charge is -2.21. The van der Waals surface area contributed by atoms with E-state index < -0.39 is 24.5 Å². The fourth-order valence-corrected chi connectivity index (χ4v) is 3.27. The van der Waals surface area contributed by atoms with Crippen LogP contribution in [0.4, 0.5) is 5.82 Å². The highest BCUT2D eigenvalue weighted by atomic mass is 16.5. The summed E-state index contributed by atoms with van der Waals surface area (Å²) in [5.74, 6) is 0.263. The molecular formula is C17H20N6O3. The Balaban J connectivity index is 1.57. The van der Waals surface area contributed by atoms with E-state index in [0.717, 1.165) is 5.56 Å². The first-order valence-electron chi connectivity index (χ1n) is 8.33. The van der Waals surface area contributed by atoms with Crippen molar-refractivity contribution in [2.75, 3.05) is 12.3 Å². The molecule has 0 aliphatic carbocycles. The molecule has 0 unspecified atom stereocenters. The number of hydrogen-bond donors (Lipinski definition) is 4. The summed E-state index contributed by atoms with van der Waals surface area (Å²) in [6.45, 7) is 0.332. The molecule has 9 heteroatoms. The smallest absolute Gasteiger partial charge is 0.167 e. The van der Waals surface area contributed by atoms with Crippen molar-refractivity contribution in [1.29, 1.82) is 0 Å². The maximum atomic E-state index is 10.8. The van der Waals surface area contributed by atoms with E-state index in [2.05, 4.69) is 20.3 Å². The Kier molecular flexibility index (Phi) is 4.51. The number of ether oxygens (including phenoxy) is 1. The number of hydrogen-bond acceptors (Lipinski definition) is 8. The summed E-state index contributed by atoms with van der Waals surface area (Å²) in [7, 11) is 0. The van der Waals surface area contributed by atoms with Gasteiger partial charge in [0, 0.05) is 6.54 Å². The molecule has 4 atom stereocenters. The van der Waals surface area contributed by atoms with Crippen molar-refractivity contribution in [3.05, 3.63) is 48.5 Å². The Hall–Kier alpha value is -2.59. The first-order chi connectivity index (χ1) is 12.7. The summed E-state index contributed by atoms with van der Waals surface area (Å²) < 4.78 is 7.49. The maximum absolute atomic E-state index is 10.8. The molecule has 1 saturated heterocycles. The van der Waals surface area contributed by atoms with E-state index in [1.165, 1.54) is 12.7 Å². The van der Waals surface area contributed by atoms with Gasteiger partial charge >= 0.3 is 0 Å². The molecule has 3 heterocycles. The van der Waals surface area contributed by atoms with Gasteiger partial charge in [-0.2, -0.15) is 0 Å². The summed E-state index contributed by atoms with van der Waals surface area (Å²) in [6.07, 6.45) is 0.656. The minimum atomic E-state index is -0.899. The molecule has 0 spiro atoms. The number of benzene rings is 1. The molecule has 0 amide bonds. The highest BCUT2D eigenvalue weighted by Crippen LogP contribution is 2.32. The van der Waals surface area contributed by atoms with Crippen LogP contribution in [0.2, 0.25) is 0 Å². The number of anilines is 1. The van der Waals surface area contributed by atoms with Crippen LogP contribution in [0.5, 0.6) is 0 Å². The van der Waals surface area contributed by atoms with E-state index in [1.54, 1.807) is 4.57 Å². The predicted molar refractivity (Wildman–Crippen MR) is 93.8 cm³/mol. The van der Waals surface area contributed by atoms with Gasteiger partial charge in [0.2, 0.25) is 0 Å². The van der Waals surface area contributed by atoms with Crippen LogP contribution >= 0.6 is 0 Å². The van der Waals surface area contributed by atoms with Crippen molar-refractivity contribution in [3.8, 4) is 0 Å². The quantitative estimate of drug-likeness (QED) is 0.495. The zero-order valence-corrected chi connectivity index (χ0v) is 13.9. The van der Waals surface area contributed by atoms with Gasteiger partial charge in [0.15, 0.2) is 17.7 Å². The van der Waals surface area contributed by atoms with Gasteiger partial charge < -0.3 is 26.0 Å². The van der Waals surface area contributed by atoms with Gasteiger partial charge in [-0.25, -0.2) is 15.0 Å². The van der Waals surface area contributed by atoms with Crippen LogP contribution in [0.3, 0.4) is 0 Å². The average Bonchev–Trinajstić information content (AvgIpc) is 3.22. The Labute approximate surface area is 149 Å². The second kappa shape index (κ2) is 6.96. The van der Waals surface area contributed by atoms with Crippen molar-refractivity contribution < 1.29 is 14.9 Å². The summed E-state index contributed by atoms with van der Waals surface area (Å²) >= 11 is 0. The fourth-order valence-electron chi connectivity index (χ4n) is 3.27. The van der Waals surface area contributed by atoms with Gasteiger partial charge in [-0.15, -0.1) is 0 Å². The predicted octanol–water partition coefficient (Wildman–Crippen LogP) is -0.183. The summed E-state index contributed by atoms with van der Waals surface area (Å²) in [4.78, 5) is 12.3. The van der Waals surface area contributed by atoms with E-state index in [-0.39, 0.29) is 12.4 Å². The number of rotatable bonds is 5. The van der Waals surface area contributed by atoms with Gasteiger partial charge in [0.25, 0.3) is 0 Å². The topological polar surface area (TPSA) is 131 Å². The van der Waals surface area contributed by atoms with E-state index in [9.17, 15) is 10.2 Å². The SMILES string of the molecule is Nc1ncnc2c1ncn2[C@@H]1O[C@H](CO)[C@H](NCc2ccccc2)[C@@H]1O. The third kappa shape index (κ3) is 2.90. The highest BCUT2D eigenvalue weighted by molar-refractivity contribution is 5.81. The number of nitrogen functional groups attached to an aromatic ring is 1. The standard InChI is InChI=1S/C17H20N6O3/c18-15-13-16(21-8-20-15)23(9-22-13)17-14(25)12(11(7-24)26-17)19-6-10-4-2-1-3-5-10/h1-5,8-9,11-12,14,17,19,24-25H,6-7H2,(H2,18,20,21)/t11-,12+,14+,17-/m1/s1. The normalized spacial score (nSPS) is 25.8. The van der Waals surface area contributed by atoms with Crippen LogP contribution in [0.1, 0.15) is 11.8 Å². The van der Waals surface area contributed by atoms with Crippen molar-refractivity contribution in [1.82, 2.24) is 24.8 Å². The first kappa shape index (κ1) is 16.9. The van der Waals surface area contributed by atoms with Crippen LogP contribution in [0, 0.1) is 0 Å². The van der Waals surface area contributed by atoms with Crippen molar-refractivity contribution in [2.45, 2.75) is 31.0 Å². The lowest BCUT2D eigenvalue weighted by Crippen LogP contribution is -2.45. The number of aromatic nitrogens is 4. The number of fused-ring (bicyclic) bond motifs is 1. The second-order valence-electron chi connectivity index (χ2n) is 6.21. The van der Waals surface area contributed by atoms with Gasteiger partial charge in [0.1, 0.15) is 24.1 Å². The molecule has 1 aliphatic rings. The minimum Gasteiger partial charge on any atom is -0.394 e. The first-order valence-corrected chi connectivity index (χ1v) is 8.33. The molecule has 5 N–H and O–H groups in total. The number of aliphatic hydroxyl groups excluding tert-OH is 2. The van der Waals surface area contributed by atoms with Gasteiger partial charge in [-0.3, -0.25) is 4.57 Å². The van der Waals surface area contributed by atoms with Crippen LogP contribution in [-0.4, -0.2) is 54.6 Å². The lowest BCUT2D eigenvalue weighted by molar-refractivity contribution is -0.0489. The second-order valence-corrected chi connectivity index (χ2v) is 6.21. The largest absolute Gasteiger partial charge is 0.394 e. The molecule has 0 saturated carbocycles. The number of nitrogens with zero attached hydrogens (tertiary/aromatic N) is 4. The maximum Gasteiger partial charge on any atom is 0.167 e. The molecule has 0 radical (unpaired) electrons. The molecule has 0 bridgehead atoms. The van der Waals surface area contributed by atoms with E-state index >= 15 is 0 Å². The van der Waals surface area contributed by atoms with Crippen molar-refractivity contribution >= 4 is 17.0 Å². The molecule has 2 aromatic heterocycles. The number of aliphatic hydroxyl groups is 2. The van der Waals surface area contributed by atoms with Crippen LogP contribution in [0.15, 0.2) is 43.0 Å². The van der Waals surface area contributed by atoms with Crippen LogP contribution < -0.4 is 11.1 Å². The Morgan fingerprint density at radius 1 is 1.19 bits per heavy atom. The fraction of sp³-hybridized carbons (Fsp3) is 0.353. The zero-order valence-electron chi connectivity index (χ0n) is 13.9. The van der Waals surface area contributed by atoms with Crippen LogP contribution in [-0.2, 0) is 11.3 Å². The van der Waals surface area contributed by atoms with Gasteiger partial charge in [0.05, 0.1) is 19.0 Å². The van der Waals surface area contributed by atoms with Crippen molar-refractivity contribution in [3.63, 3.8) is 0 Å². The Morgan fingerprint density at radius 2 is 2.00 bits per heavy atom. The van der Waals surface area contributed by atoms with Gasteiger partial charge in [-0.1, -0.05) is 30.3 Å². The molecule has 26 heavy (non-hydrogen) atoms. The summed E-state index contributed by atoms with van der Waals surface area (Å²) in [6, 6.07) is 9.38. The van der Waals surface area contributed by atoms with Crippen LogP contribution in [0.25, 0.3) is 11.2 Å². The molecule has 4 rings (SSSR count).